The van der Waals surface area contributed by atoms with Crippen LogP contribution in [0.4, 0.5) is 0 Å². The first kappa shape index (κ1) is 34.3. The highest BCUT2D eigenvalue weighted by atomic mass is 15.0. The van der Waals surface area contributed by atoms with E-state index >= 15 is 0 Å². The second-order valence-electron chi connectivity index (χ2n) is 16.5. The summed E-state index contributed by atoms with van der Waals surface area (Å²) in [6, 6.07) is 66.0. The van der Waals surface area contributed by atoms with Gasteiger partial charge in [0, 0.05) is 57.7 Å². The third-order valence-electron chi connectivity index (χ3n) is 13.6. The number of benzene rings is 6. The molecule has 0 N–H and O–H groups in total. The van der Waals surface area contributed by atoms with Crippen molar-refractivity contribution in [1.29, 1.82) is 0 Å². The van der Waals surface area contributed by atoms with Crippen LogP contribution in [0, 0.1) is 0 Å². The van der Waals surface area contributed by atoms with Crippen LogP contribution in [0.2, 0.25) is 0 Å². The molecule has 6 heterocycles. The summed E-state index contributed by atoms with van der Waals surface area (Å²) in [4.78, 5) is 19.6. The fourth-order valence-electron chi connectivity index (χ4n) is 11.1. The maximum atomic E-state index is 5.00. The first-order valence-corrected chi connectivity index (χ1v) is 21.4. The molecule has 63 heavy (non-hydrogen) atoms. The molecule has 12 aromatic rings. The van der Waals surface area contributed by atoms with E-state index in [-0.39, 0.29) is 0 Å². The number of fused-ring (bicyclic) bond motifs is 16. The molecule has 1 spiro atoms. The van der Waals surface area contributed by atoms with E-state index in [0.717, 1.165) is 67.0 Å². The molecule has 2 aliphatic carbocycles. The zero-order valence-corrected chi connectivity index (χ0v) is 33.8. The molecular weight excluding hydrogens is 769 g/mol. The standard InChI is InChI=1S/C57H34N6/c1-5-17-45-37(13-1)38-14-2-6-18-46(38)57(45)47-33-35(62-51-21-7-3-15-41(51)43-27-31-60-53(55(43)62)49-19-9-11-29-58-49)23-25-39(47)40-26-24-36(34-48(40)57)63-52-22-8-4-16-42(52)44-28-32-61-54(56(44)63)50-20-10-12-30-59-50/h1-34H. The first-order chi connectivity index (χ1) is 31.3. The largest absolute Gasteiger partial charge is 0.307 e. The molecule has 0 unspecified atom stereocenters. The molecule has 14 rings (SSSR count). The minimum absolute atomic E-state index is 0.606. The van der Waals surface area contributed by atoms with Gasteiger partial charge in [-0.2, -0.15) is 0 Å². The Morgan fingerprint density at radius 3 is 1.22 bits per heavy atom. The average molecular weight is 803 g/mol. The lowest BCUT2D eigenvalue weighted by Gasteiger charge is -2.31. The third-order valence-corrected chi connectivity index (χ3v) is 13.6. The van der Waals surface area contributed by atoms with Crippen molar-refractivity contribution >= 4 is 43.6 Å². The van der Waals surface area contributed by atoms with Crippen LogP contribution in [0.1, 0.15) is 22.3 Å². The summed E-state index contributed by atoms with van der Waals surface area (Å²) in [5, 5.41) is 4.65. The lowest BCUT2D eigenvalue weighted by molar-refractivity contribution is 0.791. The van der Waals surface area contributed by atoms with Gasteiger partial charge in [0.1, 0.15) is 11.4 Å². The van der Waals surface area contributed by atoms with Gasteiger partial charge in [0.05, 0.1) is 38.9 Å². The third kappa shape index (κ3) is 4.51. The summed E-state index contributed by atoms with van der Waals surface area (Å²) < 4.78 is 4.81. The molecule has 0 fully saturated rings. The molecule has 0 atom stereocenters. The fourth-order valence-corrected chi connectivity index (χ4v) is 11.1. The Labute approximate surface area is 362 Å². The van der Waals surface area contributed by atoms with E-state index in [1.54, 1.807) is 0 Å². The van der Waals surface area contributed by atoms with Gasteiger partial charge in [0.2, 0.25) is 0 Å². The SMILES string of the molecule is c1ccc(-c2nccc3c4ccccc4n(-c4ccc5c(c4)C4(c6ccccc6-c6ccccc64)c4cc(-n6c7ccccc7c7ccnc(-c8ccccn8)c76)ccc4-5)c23)nc1. The highest BCUT2D eigenvalue weighted by Gasteiger charge is 2.52. The molecule has 0 bridgehead atoms. The van der Waals surface area contributed by atoms with Gasteiger partial charge in [-0.05, 0) is 117 Å². The Bertz CT molecular complexity index is 3610. The molecular formula is C57H34N6. The first-order valence-electron chi connectivity index (χ1n) is 21.4. The smallest absolute Gasteiger partial charge is 0.113 e. The molecule has 292 valence electrons. The summed E-state index contributed by atoms with van der Waals surface area (Å²) in [5.74, 6) is 0. The minimum atomic E-state index is -0.606. The number of pyridine rings is 4. The predicted molar refractivity (Wildman–Crippen MR) is 253 cm³/mol. The molecule has 0 aliphatic heterocycles. The van der Waals surface area contributed by atoms with Crippen LogP contribution in [-0.2, 0) is 5.41 Å². The minimum Gasteiger partial charge on any atom is -0.307 e. The quantitative estimate of drug-likeness (QED) is 0.178. The number of rotatable bonds is 4. The van der Waals surface area contributed by atoms with Crippen LogP contribution < -0.4 is 0 Å². The van der Waals surface area contributed by atoms with Gasteiger partial charge >= 0.3 is 0 Å². The van der Waals surface area contributed by atoms with E-state index in [1.807, 2.05) is 49.1 Å². The van der Waals surface area contributed by atoms with Crippen molar-refractivity contribution in [3.63, 3.8) is 0 Å². The average Bonchev–Trinajstić information content (AvgIpc) is 4.06. The van der Waals surface area contributed by atoms with Crippen LogP contribution in [0.3, 0.4) is 0 Å². The number of hydrogen-bond acceptors (Lipinski definition) is 4. The highest BCUT2D eigenvalue weighted by Crippen LogP contribution is 2.63. The van der Waals surface area contributed by atoms with Gasteiger partial charge < -0.3 is 9.13 Å². The van der Waals surface area contributed by atoms with Crippen LogP contribution in [0.15, 0.2) is 207 Å². The van der Waals surface area contributed by atoms with Crippen LogP contribution in [0.25, 0.3) is 100 Å². The fraction of sp³-hybridized carbons (Fsp3) is 0.0175. The molecule has 6 nitrogen and oxygen atoms in total. The monoisotopic (exact) mass is 802 g/mol. The summed E-state index contributed by atoms with van der Waals surface area (Å²) in [6.45, 7) is 0. The highest BCUT2D eigenvalue weighted by molar-refractivity contribution is 6.14. The molecule has 6 heteroatoms. The second kappa shape index (κ2) is 12.8. The lowest BCUT2D eigenvalue weighted by Crippen LogP contribution is -2.26. The van der Waals surface area contributed by atoms with Crippen molar-refractivity contribution in [1.82, 2.24) is 29.1 Å². The number of nitrogens with zero attached hydrogens (tertiary/aromatic N) is 6. The zero-order valence-electron chi connectivity index (χ0n) is 33.8. The van der Waals surface area contributed by atoms with Crippen molar-refractivity contribution in [2.75, 3.05) is 0 Å². The van der Waals surface area contributed by atoms with Gasteiger partial charge in [-0.1, -0.05) is 109 Å². The number of para-hydroxylation sites is 2. The number of aromatic nitrogens is 6. The number of hydrogen-bond donors (Lipinski definition) is 0. The Morgan fingerprint density at radius 1 is 0.317 bits per heavy atom. The maximum Gasteiger partial charge on any atom is 0.113 e. The molecule has 2 aliphatic rings. The summed E-state index contributed by atoms with van der Waals surface area (Å²) in [5.41, 5.74) is 19.4. The molecule has 0 saturated carbocycles. The second-order valence-corrected chi connectivity index (χ2v) is 16.5. The van der Waals surface area contributed by atoms with Crippen LogP contribution >= 0.6 is 0 Å². The molecule has 0 saturated heterocycles. The van der Waals surface area contributed by atoms with Gasteiger partial charge in [-0.25, -0.2) is 0 Å². The maximum absolute atomic E-state index is 5.00. The van der Waals surface area contributed by atoms with E-state index in [2.05, 4.69) is 167 Å². The molecule has 6 aromatic carbocycles. The Morgan fingerprint density at radius 2 is 0.746 bits per heavy atom. The lowest BCUT2D eigenvalue weighted by atomic mass is 9.70. The Kier molecular flexibility index (Phi) is 6.94. The van der Waals surface area contributed by atoms with Crippen LogP contribution in [0.5, 0.6) is 0 Å². The van der Waals surface area contributed by atoms with E-state index in [9.17, 15) is 0 Å². The summed E-state index contributed by atoms with van der Waals surface area (Å²) in [6.07, 6.45) is 7.51. The van der Waals surface area contributed by atoms with Crippen molar-refractivity contribution in [3.8, 4) is 56.4 Å². The molecule has 0 radical (unpaired) electrons. The van der Waals surface area contributed by atoms with Gasteiger partial charge in [-0.3, -0.25) is 19.9 Å². The van der Waals surface area contributed by atoms with Gasteiger partial charge in [0.25, 0.3) is 0 Å². The van der Waals surface area contributed by atoms with Crippen molar-refractivity contribution in [2.24, 2.45) is 0 Å². The summed E-state index contributed by atoms with van der Waals surface area (Å²) >= 11 is 0. The van der Waals surface area contributed by atoms with Gasteiger partial charge in [-0.15, -0.1) is 0 Å². The topological polar surface area (TPSA) is 61.4 Å². The van der Waals surface area contributed by atoms with Crippen molar-refractivity contribution in [3.05, 3.63) is 229 Å². The zero-order chi connectivity index (χ0) is 41.2. The molecule has 6 aromatic heterocycles. The summed E-state index contributed by atoms with van der Waals surface area (Å²) in [7, 11) is 0. The van der Waals surface area contributed by atoms with Crippen molar-refractivity contribution in [2.45, 2.75) is 5.41 Å². The Hall–Kier alpha value is -8.48. The molecule has 0 amide bonds. The predicted octanol–water partition coefficient (Wildman–Crippen LogP) is 13.1. The van der Waals surface area contributed by atoms with Gasteiger partial charge in [0.15, 0.2) is 0 Å². The van der Waals surface area contributed by atoms with E-state index < -0.39 is 5.41 Å². The normalized spacial score (nSPS) is 13.2. The Balaban J connectivity index is 1.08. The van der Waals surface area contributed by atoms with E-state index in [0.29, 0.717) is 0 Å². The van der Waals surface area contributed by atoms with E-state index in [4.69, 9.17) is 19.9 Å². The van der Waals surface area contributed by atoms with Crippen LogP contribution in [-0.4, -0.2) is 29.1 Å². The van der Waals surface area contributed by atoms with E-state index in [1.165, 1.54) is 55.3 Å². The van der Waals surface area contributed by atoms with Crippen molar-refractivity contribution < 1.29 is 0 Å².